The van der Waals surface area contributed by atoms with Crippen molar-refractivity contribution in [2.24, 2.45) is 5.92 Å². The Morgan fingerprint density at radius 2 is 1.88 bits per heavy atom. The summed E-state index contributed by atoms with van der Waals surface area (Å²) < 4.78 is 5.54. The highest BCUT2D eigenvalue weighted by molar-refractivity contribution is 5.85. The van der Waals surface area contributed by atoms with Gasteiger partial charge in [-0.2, -0.15) is 0 Å². The molecule has 1 aromatic rings. The fraction of sp³-hybridized carbons (Fsp3) is 0.600. The summed E-state index contributed by atoms with van der Waals surface area (Å²) in [4.78, 5) is 26.2. The summed E-state index contributed by atoms with van der Waals surface area (Å²) in [6.45, 7) is 11.5. The van der Waals surface area contributed by atoms with Crippen LogP contribution in [0.4, 0.5) is 0 Å². The number of carboxylic acid groups (broad SMARTS) is 1. The van der Waals surface area contributed by atoms with Gasteiger partial charge in [-0.25, -0.2) is 4.79 Å². The van der Waals surface area contributed by atoms with E-state index in [0.717, 1.165) is 24.8 Å². The molecular formula is C25H41ClN2O4. The van der Waals surface area contributed by atoms with Gasteiger partial charge in [0.2, 0.25) is 5.91 Å². The number of carbonyl (C=O) groups excluding carboxylic acids is 1. The minimum atomic E-state index is -1.19. The van der Waals surface area contributed by atoms with Crippen molar-refractivity contribution in [2.75, 3.05) is 20.2 Å². The second kappa shape index (κ2) is 14.9. The molecule has 1 rings (SSSR count). The number of nitrogens with zero attached hydrogens (tertiary/aromatic N) is 1. The van der Waals surface area contributed by atoms with Gasteiger partial charge in [0.05, 0.1) is 7.11 Å². The largest absolute Gasteiger partial charge is 0.496 e. The zero-order chi connectivity index (χ0) is 23.4. The number of aliphatic carboxylic acids is 1. The Morgan fingerprint density at radius 3 is 2.41 bits per heavy atom. The Hall–Kier alpha value is -2.05. The van der Waals surface area contributed by atoms with Crippen molar-refractivity contribution in [1.29, 1.82) is 0 Å². The standard InChI is InChI=1S/C25H40N2O4.ClH/c1-7-27(8-2)25(5,24(29)30)21-16-15-20(17-22(21)31-6)18-26-23(28)14-12-10-9-11-13-19(3)4;/h11,13,15-17,19H,7-10,12,14,18H2,1-6H3,(H,26,28)(H,29,30);1H/b13-11+;. The zero-order valence-corrected chi connectivity index (χ0v) is 21.3. The zero-order valence-electron chi connectivity index (χ0n) is 20.4. The van der Waals surface area contributed by atoms with Crippen LogP contribution in [0.25, 0.3) is 0 Å². The molecule has 32 heavy (non-hydrogen) atoms. The Balaban J connectivity index is 0.00000961. The van der Waals surface area contributed by atoms with Crippen molar-refractivity contribution in [3.8, 4) is 5.75 Å². The number of benzene rings is 1. The van der Waals surface area contributed by atoms with Gasteiger partial charge < -0.3 is 15.2 Å². The first-order valence-corrected chi connectivity index (χ1v) is 11.3. The number of methoxy groups -OCH3 is 1. The molecule has 0 aliphatic carbocycles. The average molecular weight is 469 g/mol. The second-order valence-corrected chi connectivity index (χ2v) is 8.28. The van der Waals surface area contributed by atoms with E-state index in [1.54, 1.807) is 20.1 Å². The first kappa shape index (κ1) is 29.9. The maximum absolute atomic E-state index is 12.2. The maximum Gasteiger partial charge on any atom is 0.328 e. The SMILES string of the molecule is CCN(CC)C(C)(C(=O)O)c1ccc(CNC(=O)CCCC/C=C/C(C)C)cc1OC.Cl. The first-order valence-electron chi connectivity index (χ1n) is 11.3. The van der Waals surface area contributed by atoms with E-state index in [1.165, 1.54) is 0 Å². The molecule has 182 valence electrons. The van der Waals surface area contributed by atoms with Gasteiger partial charge >= 0.3 is 5.97 Å². The van der Waals surface area contributed by atoms with E-state index >= 15 is 0 Å². The Kier molecular flexibility index (Phi) is 14.0. The highest BCUT2D eigenvalue weighted by Crippen LogP contribution is 2.36. The number of allylic oxidation sites excluding steroid dienone is 2. The summed E-state index contributed by atoms with van der Waals surface area (Å²) in [6, 6.07) is 5.48. The molecule has 0 aromatic heterocycles. The lowest BCUT2D eigenvalue weighted by Gasteiger charge is -2.37. The van der Waals surface area contributed by atoms with Crippen LogP contribution in [0.3, 0.4) is 0 Å². The summed E-state index contributed by atoms with van der Waals surface area (Å²) in [5, 5.41) is 12.9. The van der Waals surface area contributed by atoms with E-state index in [9.17, 15) is 14.7 Å². The van der Waals surface area contributed by atoms with E-state index in [-0.39, 0.29) is 18.3 Å². The number of carbonyl (C=O) groups is 2. The quantitative estimate of drug-likeness (QED) is 0.291. The number of hydrogen-bond acceptors (Lipinski definition) is 4. The summed E-state index contributed by atoms with van der Waals surface area (Å²) in [7, 11) is 1.54. The lowest BCUT2D eigenvalue weighted by atomic mass is 9.88. The van der Waals surface area contributed by atoms with Crippen LogP contribution in [0, 0.1) is 5.92 Å². The third-order valence-electron chi connectivity index (χ3n) is 5.64. The topological polar surface area (TPSA) is 78.9 Å². The number of amides is 1. The molecule has 0 heterocycles. The molecule has 1 amide bonds. The Labute approximate surface area is 199 Å². The highest BCUT2D eigenvalue weighted by Gasteiger charge is 2.42. The molecule has 0 aliphatic heterocycles. The summed E-state index contributed by atoms with van der Waals surface area (Å²) in [5.74, 6) is 0.181. The van der Waals surface area contributed by atoms with Crippen molar-refractivity contribution in [1.82, 2.24) is 10.2 Å². The normalized spacial score (nSPS) is 13.1. The smallest absolute Gasteiger partial charge is 0.328 e. The molecular weight excluding hydrogens is 428 g/mol. The van der Waals surface area contributed by atoms with Crippen molar-refractivity contribution in [3.05, 3.63) is 41.5 Å². The number of halogens is 1. The van der Waals surface area contributed by atoms with Crippen LogP contribution in [-0.4, -0.2) is 42.1 Å². The summed E-state index contributed by atoms with van der Waals surface area (Å²) in [6.07, 6.45) is 7.73. The van der Waals surface area contributed by atoms with E-state index in [2.05, 4.69) is 31.3 Å². The minimum Gasteiger partial charge on any atom is -0.496 e. The third-order valence-corrected chi connectivity index (χ3v) is 5.64. The van der Waals surface area contributed by atoms with Crippen molar-refractivity contribution in [3.63, 3.8) is 0 Å². The van der Waals surface area contributed by atoms with E-state index in [0.29, 0.717) is 43.3 Å². The lowest BCUT2D eigenvalue weighted by molar-refractivity contribution is -0.151. The highest BCUT2D eigenvalue weighted by atomic mass is 35.5. The number of nitrogens with one attached hydrogen (secondary N) is 1. The van der Waals surface area contributed by atoms with Crippen LogP contribution < -0.4 is 10.1 Å². The number of carboxylic acids is 1. The molecule has 0 saturated heterocycles. The number of likely N-dealkylation sites (N-methyl/N-ethyl adjacent to an activating group) is 1. The van der Waals surface area contributed by atoms with Crippen molar-refractivity contribution in [2.45, 2.75) is 72.4 Å². The first-order chi connectivity index (χ1) is 14.7. The molecule has 2 N–H and O–H groups in total. The molecule has 0 saturated carbocycles. The minimum absolute atomic E-state index is 0. The van der Waals surface area contributed by atoms with E-state index in [4.69, 9.17) is 4.74 Å². The predicted octanol–water partition coefficient (Wildman–Crippen LogP) is 5.15. The van der Waals surface area contributed by atoms with Crippen LogP contribution in [0.15, 0.2) is 30.4 Å². The van der Waals surface area contributed by atoms with Crippen LogP contribution in [0.1, 0.15) is 71.4 Å². The van der Waals surface area contributed by atoms with E-state index < -0.39 is 11.5 Å². The molecule has 0 aliphatic rings. The molecule has 0 radical (unpaired) electrons. The fourth-order valence-corrected chi connectivity index (χ4v) is 3.73. The summed E-state index contributed by atoms with van der Waals surface area (Å²) in [5.41, 5.74) is 0.289. The predicted molar refractivity (Wildman–Crippen MR) is 132 cm³/mol. The monoisotopic (exact) mass is 468 g/mol. The van der Waals surface area contributed by atoms with Crippen molar-refractivity contribution >= 4 is 24.3 Å². The molecule has 0 fully saturated rings. The number of hydrogen-bond donors (Lipinski definition) is 2. The van der Waals surface area contributed by atoms with Crippen molar-refractivity contribution < 1.29 is 19.4 Å². The van der Waals surface area contributed by atoms with Crippen LogP contribution in [0.5, 0.6) is 5.75 Å². The van der Waals surface area contributed by atoms with Gasteiger partial charge in [-0.3, -0.25) is 9.69 Å². The molecule has 0 bridgehead atoms. The maximum atomic E-state index is 12.2. The fourth-order valence-electron chi connectivity index (χ4n) is 3.73. The molecule has 1 aromatic carbocycles. The molecule has 1 unspecified atom stereocenters. The van der Waals surface area contributed by atoms with Gasteiger partial charge in [0, 0.05) is 18.5 Å². The van der Waals surface area contributed by atoms with Crippen LogP contribution in [0.2, 0.25) is 0 Å². The molecule has 7 heteroatoms. The van der Waals surface area contributed by atoms with Gasteiger partial charge in [-0.1, -0.05) is 52.0 Å². The number of unbranched alkanes of at least 4 members (excludes halogenated alkanes) is 2. The Bertz CT molecular complexity index is 747. The second-order valence-electron chi connectivity index (χ2n) is 8.28. The Morgan fingerprint density at radius 1 is 1.22 bits per heavy atom. The molecule has 6 nitrogen and oxygen atoms in total. The van der Waals surface area contributed by atoms with Gasteiger partial charge in [-0.15, -0.1) is 12.4 Å². The lowest BCUT2D eigenvalue weighted by Crippen LogP contribution is -2.49. The average Bonchev–Trinajstić information content (AvgIpc) is 2.74. The molecule has 0 spiro atoms. The number of ether oxygens (including phenoxy) is 1. The van der Waals surface area contributed by atoms with Gasteiger partial charge in [0.25, 0.3) is 0 Å². The van der Waals surface area contributed by atoms with Gasteiger partial charge in [-0.05, 0) is 56.8 Å². The van der Waals surface area contributed by atoms with Gasteiger partial charge in [0.15, 0.2) is 0 Å². The summed E-state index contributed by atoms with van der Waals surface area (Å²) >= 11 is 0. The molecule has 1 atom stereocenters. The third kappa shape index (κ3) is 8.47. The van der Waals surface area contributed by atoms with Crippen LogP contribution >= 0.6 is 12.4 Å². The number of rotatable bonds is 14. The van der Waals surface area contributed by atoms with Crippen LogP contribution in [-0.2, 0) is 21.7 Å². The van der Waals surface area contributed by atoms with Gasteiger partial charge in [0.1, 0.15) is 11.3 Å². The van der Waals surface area contributed by atoms with E-state index in [1.807, 2.05) is 30.9 Å².